The first-order valence-electron chi connectivity index (χ1n) is 25.5. The summed E-state index contributed by atoms with van der Waals surface area (Å²) in [6.45, 7) is 0. The van der Waals surface area contributed by atoms with Crippen molar-refractivity contribution in [2.45, 2.75) is 0 Å². The van der Waals surface area contributed by atoms with Gasteiger partial charge in [0.05, 0.1) is 33.5 Å². The number of fused-ring (bicyclic) bond motifs is 6. The van der Waals surface area contributed by atoms with Crippen LogP contribution >= 0.6 is 0 Å². The van der Waals surface area contributed by atoms with Gasteiger partial charge in [0.1, 0.15) is 0 Å². The van der Waals surface area contributed by atoms with Crippen LogP contribution in [0.3, 0.4) is 0 Å². The minimum absolute atomic E-state index is 0.694. The fraction of sp³-hybridized carbons (Fsp3) is 0. The molecule has 75 heavy (non-hydrogen) atoms. The van der Waals surface area contributed by atoms with Gasteiger partial charge in [0.15, 0.2) is 5.82 Å². The molecule has 0 N–H and O–H groups in total. The Hall–Kier alpha value is -10.1. The van der Waals surface area contributed by atoms with Gasteiger partial charge in [-0.1, -0.05) is 182 Å². The third-order valence-electron chi connectivity index (χ3n) is 14.5. The van der Waals surface area contributed by atoms with Crippen LogP contribution in [0.25, 0.3) is 111 Å². The summed E-state index contributed by atoms with van der Waals surface area (Å²) in [5.74, 6) is 0.694. The first-order chi connectivity index (χ1) is 37.2. The molecule has 11 aromatic carbocycles. The molecule has 0 amide bonds. The summed E-state index contributed by atoms with van der Waals surface area (Å²) in [4.78, 5) is 12.5. The van der Waals surface area contributed by atoms with Gasteiger partial charge in [-0.05, 0) is 125 Å². The Balaban J connectivity index is 0.852. The molecule has 0 unspecified atom stereocenters. The smallest absolute Gasteiger partial charge is 0.160 e. The molecule has 5 heteroatoms. The number of para-hydroxylation sites is 4. The molecule has 0 aliphatic rings. The number of hydrogen-bond donors (Lipinski definition) is 0. The number of aromatic nitrogens is 4. The van der Waals surface area contributed by atoms with E-state index in [2.05, 4.69) is 275 Å². The van der Waals surface area contributed by atoms with Crippen molar-refractivity contribution < 1.29 is 0 Å². The van der Waals surface area contributed by atoms with Crippen LogP contribution in [0.2, 0.25) is 0 Å². The van der Waals surface area contributed by atoms with E-state index in [1.165, 1.54) is 54.7 Å². The van der Waals surface area contributed by atoms with E-state index >= 15 is 0 Å². The van der Waals surface area contributed by atoms with Crippen molar-refractivity contribution in [1.82, 2.24) is 19.1 Å². The molecule has 0 saturated carbocycles. The number of hydrogen-bond acceptors (Lipinski definition) is 3. The summed E-state index contributed by atoms with van der Waals surface area (Å²) in [6.07, 6.45) is 0. The first-order valence-corrected chi connectivity index (χ1v) is 25.5. The zero-order chi connectivity index (χ0) is 49.7. The highest BCUT2D eigenvalue weighted by Gasteiger charge is 2.19. The lowest BCUT2D eigenvalue weighted by Gasteiger charge is -2.26. The molecular weight excluding hydrogens is 911 g/mol. The Labute approximate surface area is 435 Å². The van der Waals surface area contributed by atoms with Crippen LogP contribution < -0.4 is 4.90 Å². The van der Waals surface area contributed by atoms with E-state index in [0.29, 0.717) is 5.82 Å². The Morgan fingerprint density at radius 3 is 1.01 bits per heavy atom. The van der Waals surface area contributed by atoms with E-state index in [9.17, 15) is 0 Å². The lowest BCUT2D eigenvalue weighted by molar-refractivity contribution is 1.18. The highest BCUT2D eigenvalue weighted by Crippen LogP contribution is 2.41. The summed E-state index contributed by atoms with van der Waals surface area (Å²) in [5.41, 5.74) is 19.6. The predicted molar refractivity (Wildman–Crippen MR) is 313 cm³/mol. The van der Waals surface area contributed by atoms with Crippen molar-refractivity contribution in [2.75, 3.05) is 4.90 Å². The maximum absolute atomic E-state index is 5.14. The van der Waals surface area contributed by atoms with Crippen LogP contribution in [-0.2, 0) is 0 Å². The molecular formula is C70H47N5. The molecule has 14 aromatic rings. The van der Waals surface area contributed by atoms with E-state index in [1.54, 1.807) is 0 Å². The van der Waals surface area contributed by atoms with Gasteiger partial charge in [-0.25, -0.2) is 9.97 Å². The minimum Gasteiger partial charge on any atom is -0.311 e. The minimum atomic E-state index is 0.694. The van der Waals surface area contributed by atoms with Gasteiger partial charge >= 0.3 is 0 Å². The summed E-state index contributed by atoms with van der Waals surface area (Å²) in [5, 5.41) is 4.94. The average molecular weight is 958 g/mol. The van der Waals surface area contributed by atoms with Crippen molar-refractivity contribution in [3.63, 3.8) is 0 Å². The summed E-state index contributed by atoms with van der Waals surface area (Å²) in [7, 11) is 0. The fourth-order valence-corrected chi connectivity index (χ4v) is 10.9. The zero-order valence-corrected chi connectivity index (χ0v) is 40.9. The third-order valence-corrected chi connectivity index (χ3v) is 14.5. The molecule has 352 valence electrons. The second kappa shape index (κ2) is 18.5. The quantitative estimate of drug-likeness (QED) is 0.137. The summed E-state index contributed by atoms with van der Waals surface area (Å²) < 4.78 is 4.73. The van der Waals surface area contributed by atoms with E-state index in [0.717, 1.165) is 67.6 Å². The van der Waals surface area contributed by atoms with Crippen molar-refractivity contribution in [1.29, 1.82) is 0 Å². The van der Waals surface area contributed by atoms with E-state index in [4.69, 9.17) is 9.97 Å². The fourth-order valence-electron chi connectivity index (χ4n) is 10.9. The van der Waals surface area contributed by atoms with Gasteiger partial charge in [0.2, 0.25) is 0 Å². The van der Waals surface area contributed by atoms with E-state index in [1.807, 2.05) is 24.3 Å². The monoisotopic (exact) mass is 957 g/mol. The van der Waals surface area contributed by atoms with Crippen LogP contribution in [-0.4, -0.2) is 19.1 Å². The lowest BCUT2D eigenvalue weighted by Crippen LogP contribution is -2.09. The average Bonchev–Trinajstić information content (AvgIpc) is 4.01. The van der Waals surface area contributed by atoms with E-state index < -0.39 is 0 Å². The first kappa shape index (κ1) is 43.7. The Morgan fingerprint density at radius 1 is 0.240 bits per heavy atom. The van der Waals surface area contributed by atoms with Crippen LogP contribution in [0.5, 0.6) is 0 Å². The highest BCUT2D eigenvalue weighted by molar-refractivity contribution is 6.11. The third kappa shape index (κ3) is 7.91. The van der Waals surface area contributed by atoms with E-state index in [-0.39, 0.29) is 0 Å². The Morgan fingerprint density at radius 2 is 0.573 bits per heavy atom. The second-order valence-electron chi connectivity index (χ2n) is 19.0. The molecule has 3 aromatic heterocycles. The SMILES string of the molecule is c1ccc(-c2cc(-c3ccc(N(c4ccc(-c5ccc6c(c5)c5ccccc5n6-c5ccccc5)cc4)c4ccc(-c5ccc6c(c5)c5ccccc5n6-c5ccccc5)cc4)cc3)nc(-c3ccccc3)n2)cc1. The maximum atomic E-state index is 5.14. The summed E-state index contributed by atoms with van der Waals surface area (Å²) in [6, 6.07) is 102. The van der Waals surface area contributed by atoms with Crippen LogP contribution in [0.4, 0.5) is 17.1 Å². The van der Waals surface area contributed by atoms with Crippen molar-refractivity contribution in [2.24, 2.45) is 0 Å². The summed E-state index contributed by atoms with van der Waals surface area (Å²) >= 11 is 0. The molecule has 0 radical (unpaired) electrons. The zero-order valence-electron chi connectivity index (χ0n) is 40.9. The van der Waals surface area contributed by atoms with Gasteiger partial charge in [-0.3, -0.25) is 0 Å². The van der Waals surface area contributed by atoms with Gasteiger partial charge < -0.3 is 14.0 Å². The molecule has 0 atom stereocenters. The predicted octanol–water partition coefficient (Wildman–Crippen LogP) is 18.5. The Kier molecular flexibility index (Phi) is 10.8. The number of nitrogens with zero attached hydrogens (tertiary/aromatic N) is 5. The molecule has 0 aliphatic carbocycles. The molecule has 0 bridgehead atoms. The van der Waals surface area contributed by atoms with Gasteiger partial charge in [0.25, 0.3) is 0 Å². The molecule has 3 heterocycles. The molecule has 0 aliphatic heterocycles. The van der Waals surface area contributed by atoms with Crippen molar-refractivity contribution in [3.05, 3.63) is 285 Å². The lowest BCUT2D eigenvalue weighted by atomic mass is 10.0. The van der Waals surface area contributed by atoms with Gasteiger partial charge in [-0.15, -0.1) is 0 Å². The van der Waals surface area contributed by atoms with Crippen molar-refractivity contribution in [3.8, 4) is 67.5 Å². The van der Waals surface area contributed by atoms with Gasteiger partial charge in [0, 0.05) is 66.7 Å². The second-order valence-corrected chi connectivity index (χ2v) is 19.0. The molecule has 0 saturated heterocycles. The van der Waals surface area contributed by atoms with Crippen LogP contribution in [0.1, 0.15) is 0 Å². The number of rotatable bonds is 10. The van der Waals surface area contributed by atoms with Crippen LogP contribution in [0.15, 0.2) is 285 Å². The van der Waals surface area contributed by atoms with Crippen molar-refractivity contribution >= 4 is 60.7 Å². The normalized spacial score (nSPS) is 11.5. The van der Waals surface area contributed by atoms with Gasteiger partial charge in [-0.2, -0.15) is 0 Å². The number of benzene rings is 11. The van der Waals surface area contributed by atoms with Crippen LogP contribution in [0, 0.1) is 0 Å². The maximum Gasteiger partial charge on any atom is 0.160 e. The molecule has 0 fully saturated rings. The Bertz CT molecular complexity index is 4100. The molecule has 5 nitrogen and oxygen atoms in total. The highest BCUT2D eigenvalue weighted by atomic mass is 15.1. The molecule has 14 rings (SSSR count). The standard InChI is InChI=1S/C70H47N5/c1-5-17-50(18-6-1)64-47-65(72-70(71-64)52-19-7-2-8-20-52)51-33-41-59(42-34-51)73(57-37-29-48(30-38-57)53-35-43-68-62(45-53)60-25-13-15-27-66(60)74(68)55-21-9-3-10-22-55)58-39-31-49(32-40-58)54-36-44-69-63(46-54)61-26-14-16-28-67(61)75(69)56-23-11-4-12-24-56/h1-47H. The number of anilines is 3. The largest absolute Gasteiger partial charge is 0.311 e. The molecule has 0 spiro atoms. The topological polar surface area (TPSA) is 38.9 Å².